The maximum absolute atomic E-state index is 11.6. The van der Waals surface area contributed by atoms with Crippen molar-refractivity contribution in [1.82, 2.24) is 19.7 Å². The molecule has 7 heteroatoms. The van der Waals surface area contributed by atoms with E-state index in [2.05, 4.69) is 15.1 Å². The lowest BCUT2D eigenvalue weighted by Gasteiger charge is -1.97. The Bertz CT molecular complexity index is 562. The number of ketones is 1. The predicted molar refractivity (Wildman–Crippen MR) is 61.6 cm³/mol. The summed E-state index contributed by atoms with van der Waals surface area (Å²) in [7, 11) is 1.86. The van der Waals surface area contributed by atoms with Gasteiger partial charge < -0.3 is 9.09 Å². The molecular weight excluding hydrogens is 240 g/mol. The lowest BCUT2D eigenvalue weighted by molar-refractivity contribution is -0.117. The zero-order valence-corrected chi connectivity index (χ0v) is 9.98. The Kier molecular flexibility index (Phi) is 2.47. The van der Waals surface area contributed by atoms with Crippen molar-refractivity contribution in [2.75, 3.05) is 11.5 Å². The molecule has 17 heavy (non-hydrogen) atoms. The van der Waals surface area contributed by atoms with Gasteiger partial charge in [0, 0.05) is 12.8 Å². The number of rotatable bonds is 2. The summed E-state index contributed by atoms with van der Waals surface area (Å²) < 4.78 is 6.97. The summed E-state index contributed by atoms with van der Waals surface area (Å²) in [6, 6.07) is 0. The largest absolute Gasteiger partial charge is 0.338 e. The molecule has 2 aromatic heterocycles. The summed E-state index contributed by atoms with van der Waals surface area (Å²) in [6.45, 7) is 0. The summed E-state index contributed by atoms with van der Waals surface area (Å²) in [4.78, 5) is 19.8. The van der Waals surface area contributed by atoms with Gasteiger partial charge in [0.05, 0.1) is 18.3 Å². The highest BCUT2D eigenvalue weighted by atomic mass is 32.2. The van der Waals surface area contributed by atoms with Gasteiger partial charge in [-0.15, -0.1) is 0 Å². The number of hydrogen-bond donors (Lipinski definition) is 0. The van der Waals surface area contributed by atoms with E-state index in [1.807, 2.05) is 7.05 Å². The Labute approximate surface area is 101 Å². The predicted octanol–water partition coefficient (Wildman–Crippen LogP) is 0.870. The van der Waals surface area contributed by atoms with Crippen molar-refractivity contribution in [3.05, 3.63) is 18.4 Å². The second-order valence-corrected chi connectivity index (χ2v) is 4.91. The van der Waals surface area contributed by atoms with E-state index < -0.39 is 0 Å². The molecule has 1 saturated heterocycles. The lowest BCUT2D eigenvalue weighted by atomic mass is 10.1. The molecule has 0 N–H and O–H groups in total. The van der Waals surface area contributed by atoms with E-state index >= 15 is 0 Å². The first-order valence-electron chi connectivity index (χ1n) is 5.16. The van der Waals surface area contributed by atoms with Crippen LogP contribution < -0.4 is 0 Å². The molecule has 1 aliphatic rings. The van der Waals surface area contributed by atoms with Crippen LogP contribution in [0.25, 0.3) is 11.5 Å². The van der Waals surface area contributed by atoms with Gasteiger partial charge in [-0.1, -0.05) is 5.16 Å². The van der Waals surface area contributed by atoms with Crippen molar-refractivity contribution in [2.45, 2.75) is 5.92 Å². The van der Waals surface area contributed by atoms with Gasteiger partial charge in [-0.25, -0.2) is 4.98 Å². The Balaban J connectivity index is 1.93. The van der Waals surface area contributed by atoms with Crippen LogP contribution in [0.2, 0.25) is 0 Å². The molecule has 3 heterocycles. The first-order valence-corrected chi connectivity index (χ1v) is 6.32. The Morgan fingerprint density at radius 1 is 1.59 bits per heavy atom. The van der Waals surface area contributed by atoms with Crippen LogP contribution in [0, 0.1) is 0 Å². The maximum atomic E-state index is 11.6. The molecule has 0 radical (unpaired) electrons. The number of Topliss-reactive ketones (excluding diaryl/α,β-unsaturated/α-hetero) is 1. The fourth-order valence-electron chi connectivity index (χ4n) is 1.73. The quantitative estimate of drug-likeness (QED) is 0.787. The van der Waals surface area contributed by atoms with E-state index in [1.54, 1.807) is 28.9 Å². The van der Waals surface area contributed by atoms with Gasteiger partial charge in [-0.2, -0.15) is 16.7 Å². The third-order valence-corrected chi connectivity index (χ3v) is 3.76. The Morgan fingerprint density at radius 2 is 2.47 bits per heavy atom. The van der Waals surface area contributed by atoms with Crippen molar-refractivity contribution in [2.24, 2.45) is 7.05 Å². The van der Waals surface area contributed by atoms with Crippen molar-refractivity contribution in [3.63, 3.8) is 0 Å². The van der Waals surface area contributed by atoms with Gasteiger partial charge in [0.25, 0.3) is 0 Å². The first kappa shape index (κ1) is 10.5. The second kappa shape index (κ2) is 3.99. The van der Waals surface area contributed by atoms with E-state index in [0.29, 0.717) is 17.5 Å². The monoisotopic (exact) mass is 250 g/mol. The van der Waals surface area contributed by atoms with Gasteiger partial charge in [0.2, 0.25) is 11.7 Å². The Morgan fingerprint density at radius 3 is 3.12 bits per heavy atom. The molecule has 0 aliphatic carbocycles. The van der Waals surface area contributed by atoms with Crippen LogP contribution in [-0.4, -0.2) is 37.0 Å². The third-order valence-electron chi connectivity index (χ3n) is 2.70. The molecule has 2 aromatic rings. The number of imidazole rings is 1. The van der Waals surface area contributed by atoms with Crippen molar-refractivity contribution >= 4 is 17.5 Å². The molecule has 0 bridgehead atoms. The van der Waals surface area contributed by atoms with E-state index in [4.69, 9.17) is 4.52 Å². The average Bonchev–Trinajstić information content (AvgIpc) is 2.97. The molecule has 1 aliphatic heterocycles. The molecule has 0 aromatic carbocycles. The molecule has 1 fully saturated rings. The fourth-order valence-corrected chi connectivity index (χ4v) is 2.82. The van der Waals surface area contributed by atoms with E-state index in [1.165, 1.54) is 0 Å². The van der Waals surface area contributed by atoms with E-state index in [9.17, 15) is 4.79 Å². The SMILES string of the molecule is Cn1cncc1-c1noc(C2CSCC2=O)n1. The number of hydrogen-bond acceptors (Lipinski definition) is 6. The third kappa shape index (κ3) is 1.76. The maximum Gasteiger partial charge on any atom is 0.238 e. The average molecular weight is 250 g/mol. The van der Waals surface area contributed by atoms with Crippen LogP contribution >= 0.6 is 11.8 Å². The number of nitrogens with zero attached hydrogens (tertiary/aromatic N) is 4. The van der Waals surface area contributed by atoms with Gasteiger partial charge in [-0.3, -0.25) is 4.79 Å². The van der Waals surface area contributed by atoms with Crippen LogP contribution in [0.15, 0.2) is 17.0 Å². The van der Waals surface area contributed by atoms with Crippen LogP contribution in [0.3, 0.4) is 0 Å². The summed E-state index contributed by atoms with van der Waals surface area (Å²) in [5.74, 6) is 2.07. The van der Waals surface area contributed by atoms with Crippen molar-refractivity contribution in [1.29, 1.82) is 0 Å². The minimum absolute atomic E-state index is 0.162. The van der Waals surface area contributed by atoms with Crippen molar-refractivity contribution < 1.29 is 9.32 Å². The van der Waals surface area contributed by atoms with Crippen LogP contribution in [-0.2, 0) is 11.8 Å². The van der Waals surface area contributed by atoms with Gasteiger partial charge in [0.15, 0.2) is 5.78 Å². The van der Waals surface area contributed by atoms with Gasteiger partial charge in [-0.05, 0) is 0 Å². The molecule has 3 rings (SSSR count). The van der Waals surface area contributed by atoms with Crippen LogP contribution in [0.5, 0.6) is 0 Å². The van der Waals surface area contributed by atoms with E-state index in [-0.39, 0.29) is 11.7 Å². The molecule has 88 valence electrons. The highest BCUT2D eigenvalue weighted by Crippen LogP contribution is 2.29. The minimum Gasteiger partial charge on any atom is -0.338 e. The number of aromatic nitrogens is 4. The van der Waals surface area contributed by atoms with Crippen LogP contribution in [0.4, 0.5) is 0 Å². The summed E-state index contributed by atoms with van der Waals surface area (Å²) in [6.07, 6.45) is 3.34. The lowest BCUT2D eigenvalue weighted by Crippen LogP contribution is -2.09. The molecule has 1 unspecified atom stereocenters. The summed E-state index contributed by atoms with van der Waals surface area (Å²) in [5, 5.41) is 3.89. The number of thioether (sulfide) groups is 1. The minimum atomic E-state index is -0.241. The Hall–Kier alpha value is -1.63. The van der Waals surface area contributed by atoms with Crippen molar-refractivity contribution in [3.8, 4) is 11.5 Å². The smallest absolute Gasteiger partial charge is 0.238 e. The van der Waals surface area contributed by atoms with E-state index in [0.717, 1.165) is 11.4 Å². The zero-order valence-electron chi connectivity index (χ0n) is 9.16. The van der Waals surface area contributed by atoms with Crippen LogP contribution in [0.1, 0.15) is 11.8 Å². The van der Waals surface area contributed by atoms with Gasteiger partial charge in [0.1, 0.15) is 11.6 Å². The number of carbonyl (C=O) groups excluding carboxylic acids is 1. The highest BCUT2D eigenvalue weighted by molar-refractivity contribution is 8.00. The second-order valence-electron chi connectivity index (χ2n) is 3.88. The number of aryl methyl sites for hydroxylation is 1. The summed E-state index contributed by atoms with van der Waals surface area (Å²) in [5.41, 5.74) is 0.776. The molecule has 0 spiro atoms. The first-order chi connectivity index (χ1) is 8.25. The normalized spacial score (nSPS) is 20.1. The fraction of sp³-hybridized carbons (Fsp3) is 0.400. The van der Waals surface area contributed by atoms with Gasteiger partial charge >= 0.3 is 0 Å². The standard InChI is InChI=1S/C10H10N4O2S/c1-14-5-11-2-7(14)9-12-10(16-13-9)6-3-17-4-8(6)15/h2,5-6H,3-4H2,1H3. The molecule has 1 atom stereocenters. The topological polar surface area (TPSA) is 73.8 Å². The molecular formula is C10H10N4O2S. The highest BCUT2D eigenvalue weighted by Gasteiger charge is 2.31. The molecule has 6 nitrogen and oxygen atoms in total. The zero-order chi connectivity index (χ0) is 11.8. The number of carbonyl (C=O) groups is 1. The summed E-state index contributed by atoms with van der Waals surface area (Å²) >= 11 is 1.60. The molecule has 0 saturated carbocycles. The molecule has 0 amide bonds.